The van der Waals surface area contributed by atoms with Crippen LogP contribution in [-0.2, 0) is 16.1 Å². The average Bonchev–Trinajstić information content (AvgIpc) is 2.53. The second-order valence-corrected chi connectivity index (χ2v) is 5.24. The molecule has 1 amide bonds. The van der Waals surface area contributed by atoms with Gasteiger partial charge in [-0.3, -0.25) is 14.6 Å². The number of nitrogens with two attached hydrogens (primary N) is 3. The van der Waals surface area contributed by atoms with Crippen molar-refractivity contribution in [1.29, 1.82) is 0 Å². The summed E-state index contributed by atoms with van der Waals surface area (Å²) in [5.74, 6) is -1.48. The van der Waals surface area contributed by atoms with Crippen molar-refractivity contribution in [2.45, 2.75) is 25.4 Å². The third kappa shape index (κ3) is 11.3. The Hall–Kier alpha value is -2.23. The number of rotatable bonds is 10. The highest BCUT2D eigenvalue weighted by Gasteiger charge is 2.18. The second-order valence-electron chi connectivity index (χ2n) is 5.24. The third-order valence-electron chi connectivity index (χ3n) is 3.21. The molecule has 0 aliphatic carbocycles. The summed E-state index contributed by atoms with van der Waals surface area (Å²) < 4.78 is 0. The van der Waals surface area contributed by atoms with Gasteiger partial charge in [0, 0.05) is 18.8 Å². The number of carbonyl (C=O) groups excluding carboxylic acids is 1. The van der Waals surface area contributed by atoms with E-state index >= 15 is 0 Å². The van der Waals surface area contributed by atoms with E-state index in [4.69, 9.17) is 22.3 Å². The number of nitrogens with one attached hydrogen (secondary N) is 2. The molecule has 0 radical (unpaired) electrons. The topological polar surface area (TPSA) is 169 Å². The summed E-state index contributed by atoms with van der Waals surface area (Å²) in [6.07, 6.45) is 1.05. The lowest BCUT2D eigenvalue weighted by atomic mass is 10.1. The summed E-state index contributed by atoms with van der Waals surface area (Å²) in [6, 6.07) is 6.71. The summed E-state index contributed by atoms with van der Waals surface area (Å²) in [5, 5.41) is 14.1. The number of nitrogen functional groups attached to an aromatic ring is 1. The van der Waals surface area contributed by atoms with E-state index in [1.165, 1.54) is 0 Å². The molecule has 0 saturated heterocycles. The zero-order chi connectivity index (χ0) is 17.9. The molecule has 0 bridgehead atoms. The molecule has 0 aliphatic heterocycles. The second kappa shape index (κ2) is 14.0. The van der Waals surface area contributed by atoms with Crippen molar-refractivity contribution in [3.63, 3.8) is 0 Å². The lowest BCUT2D eigenvalue weighted by Gasteiger charge is -2.18. The summed E-state index contributed by atoms with van der Waals surface area (Å²) in [4.78, 5) is 26.6. The van der Waals surface area contributed by atoms with E-state index in [1.807, 2.05) is 12.1 Å². The van der Waals surface area contributed by atoms with Gasteiger partial charge in [0.2, 0.25) is 5.91 Å². The lowest BCUT2D eigenvalue weighted by Crippen LogP contribution is -2.45. The number of hydrogen-bond donors (Lipinski definition) is 6. The fraction of sp³-hybridized carbons (Fsp3) is 0.400. The molecule has 148 valence electrons. The number of halogens is 2. The first-order valence-electron chi connectivity index (χ1n) is 7.51. The Labute approximate surface area is 164 Å². The van der Waals surface area contributed by atoms with E-state index in [0.29, 0.717) is 31.6 Å². The van der Waals surface area contributed by atoms with Gasteiger partial charge < -0.3 is 32.9 Å². The molecule has 1 aromatic carbocycles. The van der Waals surface area contributed by atoms with Gasteiger partial charge in [0.25, 0.3) is 0 Å². The fourth-order valence-electron chi connectivity index (χ4n) is 1.99. The normalized spacial score (nSPS) is 10.6. The van der Waals surface area contributed by atoms with Crippen LogP contribution in [-0.4, -0.2) is 42.1 Å². The minimum Gasteiger partial charge on any atom is -0.480 e. The van der Waals surface area contributed by atoms with Crippen LogP contribution in [0.2, 0.25) is 0 Å². The van der Waals surface area contributed by atoms with Crippen LogP contribution in [0.15, 0.2) is 29.3 Å². The maximum absolute atomic E-state index is 12.1. The molecular formula is C15H26Cl2N6O3. The number of amides is 1. The molecule has 9 N–H and O–H groups in total. The minimum absolute atomic E-state index is 0. The molecule has 9 nitrogen and oxygen atoms in total. The number of guanidine groups is 1. The molecule has 11 heteroatoms. The quantitative estimate of drug-likeness (QED) is 0.135. The summed E-state index contributed by atoms with van der Waals surface area (Å²) in [6.45, 7) is 0.426. The van der Waals surface area contributed by atoms with Gasteiger partial charge in [-0.1, -0.05) is 12.1 Å². The minimum atomic E-state index is -1.10. The van der Waals surface area contributed by atoms with E-state index in [1.54, 1.807) is 12.1 Å². The number of carbonyl (C=O) groups is 2. The Bertz CT molecular complexity index is 579. The van der Waals surface area contributed by atoms with Crippen molar-refractivity contribution in [2.24, 2.45) is 16.5 Å². The first-order valence-corrected chi connectivity index (χ1v) is 7.51. The molecule has 0 fully saturated rings. The summed E-state index contributed by atoms with van der Waals surface area (Å²) >= 11 is 0. The molecule has 0 spiro atoms. The van der Waals surface area contributed by atoms with Gasteiger partial charge in [-0.15, -0.1) is 24.8 Å². The van der Waals surface area contributed by atoms with Crippen LogP contribution < -0.4 is 27.8 Å². The number of benzene rings is 1. The average molecular weight is 409 g/mol. The standard InChI is InChI=1S/C15H24N6O3.2ClH/c16-11-5-3-10(4-6-11)8-20-12(2-1-7-19-15(17)18)14(24)21-9-13(22)23;;/h3-6,12,20H,1-2,7-9,16H2,(H,21,24)(H,22,23)(H4,17,18,19);2*1H/t12-;;/m1../s1. The van der Waals surface area contributed by atoms with Crippen molar-refractivity contribution in [3.05, 3.63) is 29.8 Å². The molecule has 0 aliphatic rings. The van der Waals surface area contributed by atoms with Crippen molar-refractivity contribution in [2.75, 3.05) is 18.8 Å². The van der Waals surface area contributed by atoms with Crippen molar-refractivity contribution < 1.29 is 14.7 Å². The van der Waals surface area contributed by atoms with Gasteiger partial charge >= 0.3 is 5.97 Å². The summed E-state index contributed by atoms with van der Waals surface area (Å²) in [5.41, 5.74) is 17.8. The smallest absolute Gasteiger partial charge is 0.322 e. The number of aliphatic imine (C=N–C) groups is 1. The Morgan fingerprint density at radius 1 is 1.15 bits per heavy atom. The van der Waals surface area contributed by atoms with Crippen molar-refractivity contribution in [1.82, 2.24) is 10.6 Å². The molecular weight excluding hydrogens is 383 g/mol. The van der Waals surface area contributed by atoms with Gasteiger partial charge in [-0.25, -0.2) is 0 Å². The number of hydrogen-bond acceptors (Lipinski definition) is 5. The van der Waals surface area contributed by atoms with Crippen LogP contribution >= 0.6 is 24.8 Å². The van der Waals surface area contributed by atoms with E-state index < -0.39 is 18.6 Å². The summed E-state index contributed by atoms with van der Waals surface area (Å²) in [7, 11) is 0. The zero-order valence-electron chi connectivity index (χ0n) is 14.2. The van der Waals surface area contributed by atoms with Crippen LogP contribution in [0.25, 0.3) is 0 Å². The molecule has 26 heavy (non-hydrogen) atoms. The Kier molecular flexibility index (Phi) is 14.0. The molecule has 0 aromatic heterocycles. The van der Waals surface area contributed by atoms with E-state index in [2.05, 4.69) is 15.6 Å². The van der Waals surface area contributed by atoms with Crippen LogP contribution in [0.5, 0.6) is 0 Å². The lowest BCUT2D eigenvalue weighted by molar-refractivity contribution is -0.138. The molecule has 1 atom stereocenters. The fourth-order valence-corrected chi connectivity index (χ4v) is 1.99. The van der Waals surface area contributed by atoms with Crippen LogP contribution in [0.3, 0.4) is 0 Å². The Balaban J connectivity index is 0. The van der Waals surface area contributed by atoms with E-state index in [0.717, 1.165) is 5.56 Å². The largest absolute Gasteiger partial charge is 0.480 e. The Morgan fingerprint density at radius 3 is 2.31 bits per heavy atom. The third-order valence-corrected chi connectivity index (χ3v) is 3.21. The van der Waals surface area contributed by atoms with Gasteiger partial charge in [-0.05, 0) is 30.5 Å². The number of carboxylic acids is 1. The number of carboxylic acid groups (broad SMARTS) is 1. The Morgan fingerprint density at radius 2 is 1.77 bits per heavy atom. The molecule has 0 unspecified atom stereocenters. The van der Waals surface area contributed by atoms with Crippen LogP contribution in [0.1, 0.15) is 18.4 Å². The maximum Gasteiger partial charge on any atom is 0.322 e. The van der Waals surface area contributed by atoms with Gasteiger partial charge in [0.15, 0.2) is 5.96 Å². The highest BCUT2D eigenvalue weighted by atomic mass is 35.5. The van der Waals surface area contributed by atoms with Gasteiger partial charge in [0.05, 0.1) is 6.04 Å². The zero-order valence-corrected chi connectivity index (χ0v) is 15.8. The highest BCUT2D eigenvalue weighted by Crippen LogP contribution is 2.06. The number of anilines is 1. The SMILES string of the molecule is Cl.Cl.NC(N)=NCCC[C@@H](NCc1ccc(N)cc1)C(=O)NCC(=O)O. The predicted molar refractivity (Wildman–Crippen MR) is 107 cm³/mol. The van der Waals surface area contributed by atoms with Crippen molar-refractivity contribution >= 4 is 48.3 Å². The maximum atomic E-state index is 12.1. The first-order chi connectivity index (χ1) is 11.4. The highest BCUT2D eigenvalue weighted by molar-refractivity contribution is 5.86. The van der Waals surface area contributed by atoms with E-state index in [-0.39, 0.29) is 36.7 Å². The molecule has 0 heterocycles. The number of aliphatic carboxylic acids is 1. The molecule has 1 aromatic rings. The molecule has 1 rings (SSSR count). The monoisotopic (exact) mass is 408 g/mol. The predicted octanol–water partition coefficient (Wildman–Crippen LogP) is -0.175. The number of nitrogens with zero attached hydrogens (tertiary/aromatic N) is 1. The van der Waals surface area contributed by atoms with E-state index in [9.17, 15) is 9.59 Å². The van der Waals surface area contributed by atoms with Crippen molar-refractivity contribution in [3.8, 4) is 0 Å². The van der Waals surface area contributed by atoms with Gasteiger partial charge in [0.1, 0.15) is 6.54 Å². The first kappa shape index (κ1) is 26.0. The van der Waals surface area contributed by atoms with Gasteiger partial charge in [-0.2, -0.15) is 0 Å². The van der Waals surface area contributed by atoms with Crippen LogP contribution in [0.4, 0.5) is 5.69 Å². The van der Waals surface area contributed by atoms with Crippen LogP contribution in [0, 0.1) is 0 Å². The molecule has 0 saturated carbocycles.